The second kappa shape index (κ2) is 3.06. The molecule has 3 aromatic rings. The third-order valence-electron chi connectivity index (χ3n) is 2.66. The summed E-state index contributed by atoms with van der Waals surface area (Å²) < 4.78 is 0. The van der Waals surface area contributed by atoms with E-state index in [0.717, 1.165) is 16.4 Å². The number of aromatic nitrogens is 2. The van der Waals surface area contributed by atoms with Crippen LogP contribution >= 0.6 is 0 Å². The van der Waals surface area contributed by atoms with E-state index in [9.17, 15) is 4.79 Å². The number of hydrogen-bond acceptors (Lipinski definition) is 2. The molecule has 0 radical (unpaired) electrons. The summed E-state index contributed by atoms with van der Waals surface area (Å²) in [6.07, 6.45) is 1.60. The molecule has 0 aliphatic carbocycles. The molecule has 2 heterocycles. The van der Waals surface area contributed by atoms with Gasteiger partial charge in [0.2, 0.25) is 0 Å². The number of carbonyl (C=O) groups excluding carboxylic acids is 1. The number of nitrogens with zero attached hydrogens (tertiary/aromatic N) is 1. The topological polar surface area (TPSA) is 71.8 Å². The number of hydrogen-bond donors (Lipinski definition) is 2. The van der Waals surface area contributed by atoms with Crippen molar-refractivity contribution < 1.29 is 4.79 Å². The van der Waals surface area contributed by atoms with Crippen molar-refractivity contribution in [3.8, 4) is 0 Å². The summed E-state index contributed by atoms with van der Waals surface area (Å²) in [6, 6.07) is 9.41. The van der Waals surface area contributed by atoms with E-state index in [1.165, 1.54) is 0 Å². The van der Waals surface area contributed by atoms with Gasteiger partial charge >= 0.3 is 0 Å². The van der Waals surface area contributed by atoms with Crippen LogP contribution in [0.5, 0.6) is 0 Å². The minimum absolute atomic E-state index is 0.445. The fraction of sp³-hybridized carbons (Fsp3) is 0. The molecule has 0 bridgehead atoms. The molecule has 4 heteroatoms. The lowest BCUT2D eigenvalue weighted by Gasteiger charge is -1.96. The molecule has 0 atom stereocenters. The summed E-state index contributed by atoms with van der Waals surface area (Å²) in [4.78, 5) is 18.7. The Morgan fingerprint density at radius 3 is 2.88 bits per heavy atom. The zero-order valence-electron chi connectivity index (χ0n) is 8.40. The molecule has 0 unspecified atom stereocenters. The molecule has 1 aromatic carbocycles. The average molecular weight is 211 g/mol. The van der Waals surface area contributed by atoms with Crippen molar-refractivity contribution in [1.29, 1.82) is 0 Å². The van der Waals surface area contributed by atoms with Crippen LogP contribution in [0, 0.1) is 0 Å². The van der Waals surface area contributed by atoms with E-state index in [4.69, 9.17) is 5.73 Å². The van der Waals surface area contributed by atoms with Crippen molar-refractivity contribution in [2.45, 2.75) is 0 Å². The van der Waals surface area contributed by atoms with Crippen molar-refractivity contribution in [2.24, 2.45) is 5.73 Å². The first-order valence-corrected chi connectivity index (χ1v) is 4.92. The zero-order valence-corrected chi connectivity index (χ0v) is 8.40. The van der Waals surface area contributed by atoms with Gasteiger partial charge in [-0.25, -0.2) is 0 Å². The first kappa shape index (κ1) is 8.91. The van der Waals surface area contributed by atoms with E-state index in [0.29, 0.717) is 11.1 Å². The molecule has 0 aliphatic rings. The predicted octanol–water partition coefficient (Wildman–Crippen LogP) is 1.81. The van der Waals surface area contributed by atoms with Crippen LogP contribution in [0.2, 0.25) is 0 Å². The van der Waals surface area contributed by atoms with Crippen LogP contribution in [0.15, 0.2) is 36.5 Å². The van der Waals surface area contributed by atoms with Gasteiger partial charge in [-0.1, -0.05) is 18.2 Å². The van der Waals surface area contributed by atoms with Gasteiger partial charge in [-0.2, -0.15) is 0 Å². The minimum atomic E-state index is -0.445. The Balaban J connectivity index is 2.54. The molecule has 1 amide bonds. The van der Waals surface area contributed by atoms with Crippen LogP contribution in [0.4, 0.5) is 0 Å². The summed E-state index contributed by atoms with van der Waals surface area (Å²) in [5.74, 6) is -0.445. The summed E-state index contributed by atoms with van der Waals surface area (Å²) in [5, 5.41) is 1.00. The van der Waals surface area contributed by atoms with E-state index in [1.54, 1.807) is 12.3 Å². The molecule has 0 saturated carbocycles. The number of benzene rings is 1. The highest BCUT2D eigenvalue weighted by Crippen LogP contribution is 2.25. The van der Waals surface area contributed by atoms with E-state index < -0.39 is 5.91 Å². The summed E-state index contributed by atoms with van der Waals surface area (Å²) in [6.45, 7) is 0. The van der Waals surface area contributed by atoms with Crippen LogP contribution in [-0.2, 0) is 0 Å². The van der Waals surface area contributed by atoms with Gasteiger partial charge in [0.1, 0.15) is 0 Å². The largest absolute Gasteiger partial charge is 0.366 e. The Labute approximate surface area is 91.1 Å². The highest BCUT2D eigenvalue weighted by atomic mass is 16.1. The Bertz CT molecular complexity index is 700. The van der Waals surface area contributed by atoms with E-state index >= 15 is 0 Å². The SMILES string of the molecule is NC(=O)c1ccnc2c1[nH]c1ccccc12. The van der Waals surface area contributed by atoms with Gasteiger partial charge in [-0.05, 0) is 12.1 Å². The maximum atomic E-state index is 11.3. The highest BCUT2D eigenvalue weighted by molar-refractivity contribution is 6.12. The normalized spacial score (nSPS) is 11.0. The quantitative estimate of drug-likeness (QED) is 0.644. The molecule has 0 spiro atoms. The maximum Gasteiger partial charge on any atom is 0.250 e. The zero-order chi connectivity index (χ0) is 11.1. The van der Waals surface area contributed by atoms with Gasteiger partial charge in [-0.3, -0.25) is 9.78 Å². The van der Waals surface area contributed by atoms with Crippen LogP contribution in [0.3, 0.4) is 0 Å². The smallest absolute Gasteiger partial charge is 0.250 e. The lowest BCUT2D eigenvalue weighted by molar-refractivity contribution is 0.100. The number of rotatable bonds is 1. The third kappa shape index (κ3) is 1.10. The number of nitrogens with one attached hydrogen (secondary N) is 1. The number of aromatic amines is 1. The summed E-state index contributed by atoms with van der Waals surface area (Å²) >= 11 is 0. The second-order valence-corrected chi connectivity index (χ2v) is 3.62. The van der Waals surface area contributed by atoms with E-state index in [2.05, 4.69) is 9.97 Å². The first-order chi connectivity index (χ1) is 7.77. The van der Waals surface area contributed by atoms with Crippen molar-refractivity contribution in [2.75, 3.05) is 0 Å². The molecule has 3 N–H and O–H groups in total. The first-order valence-electron chi connectivity index (χ1n) is 4.92. The number of fused-ring (bicyclic) bond motifs is 3. The van der Waals surface area contributed by atoms with Crippen molar-refractivity contribution >= 4 is 27.8 Å². The van der Waals surface area contributed by atoms with Gasteiger partial charge in [0.15, 0.2) is 0 Å². The van der Waals surface area contributed by atoms with Crippen molar-refractivity contribution in [3.05, 3.63) is 42.1 Å². The number of amides is 1. The minimum Gasteiger partial charge on any atom is -0.366 e. The third-order valence-corrected chi connectivity index (χ3v) is 2.66. The predicted molar refractivity (Wildman–Crippen MR) is 62.1 cm³/mol. The summed E-state index contributed by atoms with van der Waals surface area (Å²) in [7, 11) is 0. The Morgan fingerprint density at radius 2 is 2.06 bits per heavy atom. The molecular weight excluding hydrogens is 202 g/mol. The molecule has 78 valence electrons. The lowest BCUT2D eigenvalue weighted by atomic mass is 10.2. The number of H-pyrrole nitrogens is 1. The second-order valence-electron chi connectivity index (χ2n) is 3.62. The van der Waals surface area contributed by atoms with Gasteiger partial charge in [0.05, 0.1) is 16.6 Å². The maximum absolute atomic E-state index is 11.3. The average Bonchev–Trinajstić information content (AvgIpc) is 2.67. The molecule has 0 aliphatic heterocycles. The molecule has 0 fully saturated rings. The Kier molecular flexibility index (Phi) is 1.71. The monoisotopic (exact) mass is 211 g/mol. The van der Waals surface area contributed by atoms with E-state index in [-0.39, 0.29) is 0 Å². The molecule has 2 aromatic heterocycles. The van der Waals surface area contributed by atoms with Crippen molar-refractivity contribution in [3.63, 3.8) is 0 Å². The molecule has 4 nitrogen and oxygen atoms in total. The number of para-hydroxylation sites is 1. The fourth-order valence-corrected chi connectivity index (χ4v) is 1.93. The summed E-state index contributed by atoms with van der Waals surface area (Å²) in [5.41, 5.74) is 8.23. The van der Waals surface area contributed by atoms with Gasteiger partial charge in [-0.15, -0.1) is 0 Å². The van der Waals surface area contributed by atoms with Crippen LogP contribution in [-0.4, -0.2) is 15.9 Å². The standard InChI is InChI=1S/C12H9N3O/c13-12(16)8-5-6-14-10-7-3-1-2-4-9(7)15-11(8)10/h1-6,15H,(H2,13,16). The van der Waals surface area contributed by atoms with Crippen LogP contribution in [0.25, 0.3) is 21.9 Å². The number of nitrogens with two attached hydrogens (primary N) is 1. The fourth-order valence-electron chi connectivity index (χ4n) is 1.93. The van der Waals surface area contributed by atoms with Crippen LogP contribution in [0.1, 0.15) is 10.4 Å². The van der Waals surface area contributed by atoms with Crippen LogP contribution < -0.4 is 5.73 Å². The molecule has 3 rings (SSSR count). The molecule has 16 heavy (non-hydrogen) atoms. The van der Waals surface area contributed by atoms with Gasteiger partial charge in [0.25, 0.3) is 5.91 Å². The molecular formula is C12H9N3O. The highest BCUT2D eigenvalue weighted by Gasteiger charge is 2.11. The number of carbonyl (C=O) groups is 1. The number of primary amides is 1. The Hall–Kier alpha value is -2.36. The van der Waals surface area contributed by atoms with Gasteiger partial charge in [0, 0.05) is 17.1 Å². The Morgan fingerprint density at radius 1 is 1.25 bits per heavy atom. The molecule has 0 saturated heterocycles. The van der Waals surface area contributed by atoms with Crippen molar-refractivity contribution in [1.82, 2.24) is 9.97 Å². The van der Waals surface area contributed by atoms with E-state index in [1.807, 2.05) is 24.3 Å². The van der Waals surface area contributed by atoms with Gasteiger partial charge < -0.3 is 10.7 Å². The lowest BCUT2D eigenvalue weighted by Crippen LogP contribution is -2.11. The number of pyridine rings is 1.